The highest BCUT2D eigenvalue weighted by Crippen LogP contribution is 2.19. The lowest BCUT2D eigenvalue weighted by molar-refractivity contribution is 0.136. The minimum Gasteiger partial charge on any atom is -0.387 e. The van der Waals surface area contributed by atoms with E-state index in [-0.39, 0.29) is 6.04 Å². The highest BCUT2D eigenvalue weighted by molar-refractivity contribution is 9.10. The summed E-state index contributed by atoms with van der Waals surface area (Å²) in [5, 5.41) is 13.4. The molecule has 1 aromatic carbocycles. The van der Waals surface area contributed by atoms with Crippen molar-refractivity contribution in [2.24, 2.45) is 0 Å². The Kier molecular flexibility index (Phi) is 6.03. The van der Waals surface area contributed by atoms with Crippen LogP contribution in [0.1, 0.15) is 38.4 Å². The Morgan fingerprint density at radius 2 is 1.94 bits per heavy atom. The number of halogens is 1. The smallest absolute Gasteiger partial charge is 0.0940 e. The van der Waals surface area contributed by atoms with Crippen molar-refractivity contribution in [1.82, 2.24) is 5.32 Å². The van der Waals surface area contributed by atoms with Gasteiger partial charge < -0.3 is 10.4 Å². The fourth-order valence-electron chi connectivity index (χ4n) is 1.57. The summed E-state index contributed by atoms with van der Waals surface area (Å²) in [7, 11) is 0. The van der Waals surface area contributed by atoms with E-state index < -0.39 is 6.10 Å². The molecular formula is C13H20BrNO. The van der Waals surface area contributed by atoms with E-state index in [1.165, 1.54) is 6.42 Å². The Balaban J connectivity index is 2.49. The molecule has 0 aliphatic heterocycles. The van der Waals surface area contributed by atoms with Crippen LogP contribution in [0.5, 0.6) is 0 Å². The minimum atomic E-state index is -0.440. The highest BCUT2D eigenvalue weighted by Gasteiger charge is 2.14. The maximum absolute atomic E-state index is 10.1. The normalized spacial score (nSPS) is 14.8. The second-order valence-electron chi connectivity index (χ2n) is 4.09. The van der Waals surface area contributed by atoms with Crippen LogP contribution < -0.4 is 5.32 Å². The average Bonchev–Trinajstić information content (AvgIpc) is 2.29. The van der Waals surface area contributed by atoms with Gasteiger partial charge in [0, 0.05) is 10.5 Å². The molecule has 0 spiro atoms. The third-order valence-corrected chi connectivity index (χ3v) is 3.21. The van der Waals surface area contributed by atoms with Crippen LogP contribution in [0.2, 0.25) is 0 Å². The average molecular weight is 286 g/mol. The first-order valence-electron chi connectivity index (χ1n) is 5.82. The standard InChI is InChI=1S/C13H20BrNO/c1-3-4-9-15-10(2)13(16)11-5-7-12(14)8-6-11/h5-8,10,13,15-16H,3-4,9H2,1-2H3. The van der Waals surface area contributed by atoms with Crippen LogP contribution in [0.4, 0.5) is 0 Å². The first-order chi connectivity index (χ1) is 7.65. The van der Waals surface area contributed by atoms with Crippen LogP contribution >= 0.6 is 15.9 Å². The van der Waals surface area contributed by atoms with Gasteiger partial charge in [-0.05, 0) is 37.6 Å². The lowest BCUT2D eigenvalue weighted by atomic mass is 10.0. The maximum atomic E-state index is 10.1. The van der Waals surface area contributed by atoms with Crippen LogP contribution in [0.15, 0.2) is 28.7 Å². The summed E-state index contributed by atoms with van der Waals surface area (Å²) in [5.41, 5.74) is 0.958. The molecule has 0 aliphatic rings. The Hall–Kier alpha value is -0.380. The van der Waals surface area contributed by atoms with Crippen molar-refractivity contribution in [3.8, 4) is 0 Å². The van der Waals surface area contributed by atoms with Gasteiger partial charge in [-0.3, -0.25) is 0 Å². The van der Waals surface area contributed by atoms with E-state index >= 15 is 0 Å². The first kappa shape index (κ1) is 13.7. The van der Waals surface area contributed by atoms with Gasteiger partial charge in [0.05, 0.1) is 6.10 Å². The van der Waals surface area contributed by atoms with E-state index in [1.54, 1.807) is 0 Å². The van der Waals surface area contributed by atoms with Crippen LogP contribution in [0.3, 0.4) is 0 Å². The quantitative estimate of drug-likeness (QED) is 0.787. The molecule has 0 amide bonds. The molecule has 2 nitrogen and oxygen atoms in total. The van der Waals surface area contributed by atoms with E-state index in [1.807, 2.05) is 31.2 Å². The molecular weight excluding hydrogens is 266 g/mol. The topological polar surface area (TPSA) is 32.3 Å². The molecule has 90 valence electrons. The molecule has 0 radical (unpaired) electrons. The summed E-state index contributed by atoms with van der Waals surface area (Å²) in [6.45, 7) is 5.14. The van der Waals surface area contributed by atoms with Crippen molar-refractivity contribution in [2.45, 2.75) is 38.8 Å². The predicted octanol–water partition coefficient (Wildman–Crippen LogP) is 3.26. The molecule has 0 saturated carbocycles. The largest absolute Gasteiger partial charge is 0.387 e. The molecule has 0 aromatic heterocycles. The molecule has 0 fully saturated rings. The number of hydrogen-bond donors (Lipinski definition) is 2. The van der Waals surface area contributed by atoms with Gasteiger partial charge in [0.2, 0.25) is 0 Å². The van der Waals surface area contributed by atoms with Crippen molar-refractivity contribution < 1.29 is 5.11 Å². The van der Waals surface area contributed by atoms with Crippen molar-refractivity contribution in [3.05, 3.63) is 34.3 Å². The van der Waals surface area contributed by atoms with Gasteiger partial charge in [0.25, 0.3) is 0 Å². The second kappa shape index (κ2) is 7.05. The van der Waals surface area contributed by atoms with Gasteiger partial charge in [-0.2, -0.15) is 0 Å². The monoisotopic (exact) mass is 285 g/mol. The Bertz CT molecular complexity index is 299. The number of nitrogens with one attached hydrogen (secondary N) is 1. The van der Waals surface area contributed by atoms with Gasteiger partial charge >= 0.3 is 0 Å². The van der Waals surface area contributed by atoms with E-state index in [0.717, 1.165) is 23.0 Å². The van der Waals surface area contributed by atoms with Gasteiger partial charge in [0.1, 0.15) is 0 Å². The number of rotatable bonds is 6. The lowest BCUT2D eigenvalue weighted by Gasteiger charge is -2.20. The third-order valence-electron chi connectivity index (χ3n) is 2.68. The fourth-order valence-corrected chi connectivity index (χ4v) is 1.83. The molecule has 2 unspecified atom stereocenters. The highest BCUT2D eigenvalue weighted by atomic mass is 79.9. The summed E-state index contributed by atoms with van der Waals surface area (Å²) in [6.07, 6.45) is 1.89. The van der Waals surface area contributed by atoms with E-state index in [9.17, 15) is 5.11 Å². The van der Waals surface area contributed by atoms with Crippen LogP contribution in [0.25, 0.3) is 0 Å². The van der Waals surface area contributed by atoms with Gasteiger partial charge in [-0.15, -0.1) is 0 Å². The SMILES string of the molecule is CCCCNC(C)C(O)c1ccc(Br)cc1. The first-order valence-corrected chi connectivity index (χ1v) is 6.61. The summed E-state index contributed by atoms with van der Waals surface area (Å²) < 4.78 is 1.04. The summed E-state index contributed by atoms with van der Waals surface area (Å²) in [6, 6.07) is 7.90. The van der Waals surface area contributed by atoms with Crippen LogP contribution in [0, 0.1) is 0 Å². The van der Waals surface area contributed by atoms with Crippen LogP contribution in [-0.2, 0) is 0 Å². The number of benzene rings is 1. The molecule has 0 heterocycles. The second-order valence-corrected chi connectivity index (χ2v) is 5.01. The van der Waals surface area contributed by atoms with E-state index in [0.29, 0.717) is 0 Å². The zero-order valence-electron chi connectivity index (χ0n) is 9.91. The number of hydrogen-bond acceptors (Lipinski definition) is 2. The van der Waals surface area contributed by atoms with Gasteiger partial charge in [0.15, 0.2) is 0 Å². The van der Waals surface area contributed by atoms with Crippen LogP contribution in [-0.4, -0.2) is 17.7 Å². The predicted molar refractivity (Wildman–Crippen MR) is 71.5 cm³/mol. The van der Waals surface area contributed by atoms with Crippen molar-refractivity contribution in [3.63, 3.8) is 0 Å². The molecule has 0 saturated heterocycles. The number of unbranched alkanes of at least 4 members (excludes halogenated alkanes) is 1. The molecule has 2 N–H and O–H groups in total. The fraction of sp³-hybridized carbons (Fsp3) is 0.538. The summed E-state index contributed by atoms with van der Waals surface area (Å²) in [4.78, 5) is 0. The molecule has 1 aromatic rings. The van der Waals surface area contributed by atoms with Crippen molar-refractivity contribution >= 4 is 15.9 Å². The van der Waals surface area contributed by atoms with Crippen molar-refractivity contribution in [2.75, 3.05) is 6.54 Å². The molecule has 0 aliphatic carbocycles. The summed E-state index contributed by atoms with van der Waals surface area (Å²) >= 11 is 3.39. The Labute approximate surface area is 106 Å². The Morgan fingerprint density at radius 3 is 2.50 bits per heavy atom. The Morgan fingerprint density at radius 1 is 1.31 bits per heavy atom. The van der Waals surface area contributed by atoms with Gasteiger partial charge in [-0.25, -0.2) is 0 Å². The number of aliphatic hydroxyl groups is 1. The number of aliphatic hydroxyl groups excluding tert-OH is 1. The zero-order valence-corrected chi connectivity index (χ0v) is 11.5. The van der Waals surface area contributed by atoms with Crippen molar-refractivity contribution in [1.29, 1.82) is 0 Å². The lowest BCUT2D eigenvalue weighted by Crippen LogP contribution is -2.32. The molecule has 0 bridgehead atoms. The van der Waals surface area contributed by atoms with E-state index in [4.69, 9.17) is 0 Å². The minimum absolute atomic E-state index is 0.0905. The van der Waals surface area contributed by atoms with E-state index in [2.05, 4.69) is 28.2 Å². The maximum Gasteiger partial charge on any atom is 0.0940 e. The van der Waals surface area contributed by atoms with Gasteiger partial charge in [-0.1, -0.05) is 41.4 Å². The molecule has 1 rings (SSSR count). The molecule has 3 heteroatoms. The zero-order chi connectivity index (χ0) is 12.0. The molecule has 2 atom stereocenters. The third kappa shape index (κ3) is 4.24. The molecule has 16 heavy (non-hydrogen) atoms. The summed E-state index contributed by atoms with van der Waals surface area (Å²) in [5.74, 6) is 0.